The highest BCUT2D eigenvalue weighted by molar-refractivity contribution is 6.06. The third-order valence-electron chi connectivity index (χ3n) is 6.20. The molecule has 2 N–H and O–H groups in total. The largest absolute Gasteiger partial charge is 0.345 e. The molecule has 1 fully saturated rings. The van der Waals surface area contributed by atoms with E-state index < -0.39 is 0 Å². The molecule has 4 aromatic rings. The van der Waals surface area contributed by atoms with Crippen LogP contribution in [0.1, 0.15) is 48.7 Å². The predicted octanol–water partition coefficient (Wildman–Crippen LogP) is 4.96. The van der Waals surface area contributed by atoms with E-state index in [4.69, 9.17) is 4.98 Å². The van der Waals surface area contributed by atoms with Crippen molar-refractivity contribution in [3.8, 4) is 11.3 Å². The molecule has 7 heteroatoms. The molecule has 0 aliphatic heterocycles. The predicted molar refractivity (Wildman–Crippen MR) is 132 cm³/mol. The lowest BCUT2D eigenvalue weighted by Crippen LogP contribution is -2.27. The molecular formula is C27H27N5O2. The molecule has 1 aliphatic carbocycles. The van der Waals surface area contributed by atoms with Gasteiger partial charge in [-0.15, -0.1) is 0 Å². The van der Waals surface area contributed by atoms with Crippen molar-refractivity contribution in [3.05, 3.63) is 78.0 Å². The molecule has 7 nitrogen and oxygen atoms in total. The van der Waals surface area contributed by atoms with Gasteiger partial charge in [-0.25, -0.2) is 9.67 Å². The first kappa shape index (κ1) is 21.8. The summed E-state index contributed by atoms with van der Waals surface area (Å²) < 4.78 is 1.80. The summed E-state index contributed by atoms with van der Waals surface area (Å²) in [6.07, 6.45) is 3.65. The van der Waals surface area contributed by atoms with Crippen molar-refractivity contribution in [3.63, 3.8) is 0 Å². The Labute approximate surface area is 198 Å². The Hall–Kier alpha value is -4.00. The number of carbonyl (C=O) groups is 2. The third kappa shape index (κ3) is 4.41. The summed E-state index contributed by atoms with van der Waals surface area (Å²) in [4.78, 5) is 30.2. The number of carbonyl (C=O) groups excluding carboxylic acids is 2. The summed E-state index contributed by atoms with van der Waals surface area (Å²) >= 11 is 0. The van der Waals surface area contributed by atoms with Gasteiger partial charge in [0.1, 0.15) is 0 Å². The zero-order valence-corrected chi connectivity index (χ0v) is 19.3. The zero-order valence-electron chi connectivity index (χ0n) is 19.3. The normalized spacial score (nSPS) is 14.1. The second-order valence-electron chi connectivity index (χ2n) is 8.70. The van der Waals surface area contributed by atoms with E-state index in [1.165, 1.54) is 0 Å². The van der Waals surface area contributed by atoms with Crippen LogP contribution in [-0.4, -0.2) is 26.6 Å². The number of nitrogens with one attached hydrogen (secondary N) is 2. The highest BCUT2D eigenvalue weighted by Crippen LogP contribution is 2.30. The smallest absolute Gasteiger partial charge is 0.252 e. The Kier molecular flexibility index (Phi) is 5.84. The van der Waals surface area contributed by atoms with Gasteiger partial charge < -0.3 is 10.6 Å². The van der Waals surface area contributed by atoms with Crippen LogP contribution in [0, 0.1) is 5.92 Å². The summed E-state index contributed by atoms with van der Waals surface area (Å²) in [6, 6.07) is 19.1. The lowest BCUT2D eigenvalue weighted by molar-refractivity contribution is -0.117. The van der Waals surface area contributed by atoms with Gasteiger partial charge in [-0.05, 0) is 50.5 Å². The number of hydrogen-bond donors (Lipinski definition) is 2. The quantitative estimate of drug-likeness (QED) is 0.414. The minimum Gasteiger partial charge on any atom is -0.345 e. The zero-order chi connectivity index (χ0) is 23.7. The van der Waals surface area contributed by atoms with Crippen LogP contribution in [0.2, 0.25) is 0 Å². The highest BCUT2D eigenvalue weighted by atomic mass is 16.2. The minimum atomic E-state index is -0.217. The third-order valence-corrected chi connectivity index (χ3v) is 6.20. The average molecular weight is 454 g/mol. The number of hydrogen-bond acceptors (Lipinski definition) is 4. The van der Waals surface area contributed by atoms with E-state index in [0.29, 0.717) is 17.8 Å². The van der Waals surface area contributed by atoms with Crippen LogP contribution in [0.4, 0.5) is 5.69 Å². The molecule has 1 unspecified atom stereocenters. The highest BCUT2D eigenvalue weighted by Gasteiger charge is 2.29. The summed E-state index contributed by atoms with van der Waals surface area (Å²) in [6.45, 7) is 4.61. The Morgan fingerprint density at radius 3 is 2.50 bits per heavy atom. The molecule has 1 atom stereocenters. The summed E-state index contributed by atoms with van der Waals surface area (Å²) in [5.74, 6) is 0.0597. The number of anilines is 1. The van der Waals surface area contributed by atoms with Gasteiger partial charge in [0.15, 0.2) is 5.65 Å². The van der Waals surface area contributed by atoms with Crippen molar-refractivity contribution in [2.75, 3.05) is 5.32 Å². The molecule has 0 saturated heterocycles. The molecule has 2 amide bonds. The van der Waals surface area contributed by atoms with Crippen LogP contribution in [0.3, 0.4) is 0 Å². The maximum atomic E-state index is 13.4. The maximum Gasteiger partial charge on any atom is 0.252 e. The SMILES string of the molecule is CCn1ncc2c(C(=O)NC(C)c3ccc(NC(=O)C4CC4)cc3)cc(-c3ccccc3)nc21. The number of amides is 2. The van der Waals surface area contributed by atoms with Crippen molar-refractivity contribution in [1.29, 1.82) is 0 Å². The van der Waals surface area contributed by atoms with Crippen molar-refractivity contribution in [2.45, 2.75) is 39.3 Å². The number of aromatic nitrogens is 3. The van der Waals surface area contributed by atoms with Crippen LogP contribution >= 0.6 is 0 Å². The molecule has 1 aliphatic rings. The van der Waals surface area contributed by atoms with Gasteiger partial charge in [0.2, 0.25) is 5.91 Å². The first-order valence-electron chi connectivity index (χ1n) is 11.7. The number of aryl methyl sites for hydroxylation is 1. The average Bonchev–Trinajstić information content (AvgIpc) is 3.64. The standard InChI is InChI=1S/C27H27N5O2/c1-3-32-25-23(16-28-32)22(15-24(31-25)19-7-5-4-6-8-19)27(34)29-17(2)18-11-13-21(14-12-18)30-26(33)20-9-10-20/h4-8,11-17,20H,3,9-10H2,1-2H3,(H,29,34)(H,30,33). The molecule has 2 aromatic heterocycles. The van der Waals surface area contributed by atoms with E-state index in [1.54, 1.807) is 10.9 Å². The fraction of sp³-hybridized carbons (Fsp3) is 0.259. The fourth-order valence-corrected chi connectivity index (χ4v) is 4.03. The molecule has 2 aromatic carbocycles. The number of rotatable bonds is 7. The molecule has 0 bridgehead atoms. The monoisotopic (exact) mass is 453 g/mol. The van der Waals surface area contributed by atoms with Crippen molar-refractivity contribution >= 4 is 28.5 Å². The van der Waals surface area contributed by atoms with Crippen molar-refractivity contribution < 1.29 is 9.59 Å². The Balaban J connectivity index is 1.39. The minimum absolute atomic E-state index is 0.0812. The van der Waals surface area contributed by atoms with Gasteiger partial charge >= 0.3 is 0 Å². The van der Waals surface area contributed by atoms with Crippen LogP contribution in [0.5, 0.6) is 0 Å². The van der Waals surface area contributed by atoms with Gasteiger partial charge in [0, 0.05) is 23.7 Å². The fourth-order valence-electron chi connectivity index (χ4n) is 4.03. The van der Waals surface area contributed by atoms with Crippen molar-refractivity contribution in [2.24, 2.45) is 5.92 Å². The van der Waals surface area contributed by atoms with E-state index in [2.05, 4.69) is 15.7 Å². The summed E-state index contributed by atoms with van der Waals surface area (Å²) in [5.41, 5.74) is 4.64. The molecule has 0 spiro atoms. The van der Waals surface area contributed by atoms with Crippen LogP contribution < -0.4 is 10.6 Å². The van der Waals surface area contributed by atoms with E-state index in [9.17, 15) is 9.59 Å². The van der Waals surface area contributed by atoms with Gasteiger partial charge in [-0.3, -0.25) is 9.59 Å². The Bertz CT molecular complexity index is 1340. The Morgan fingerprint density at radius 2 is 1.82 bits per heavy atom. The lowest BCUT2D eigenvalue weighted by Gasteiger charge is -2.16. The van der Waals surface area contributed by atoms with Crippen LogP contribution in [0.15, 0.2) is 66.9 Å². The van der Waals surface area contributed by atoms with E-state index in [0.717, 1.165) is 40.7 Å². The number of nitrogens with zero attached hydrogens (tertiary/aromatic N) is 3. The maximum absolute atomic E-state index is 13.4. The topological polar surface area (TPSA) is 88.9 Å². The first-order chi connectivity index (χ1) is 16.5. The molecule has 1 saturated carbocycles. The molecular weight excluding hydrogens is 426 g/mol. The van der Waals surface area contributed by atoms with Crippen molar-refractivity contribution in [1.82, 2.24) is 20.1 Å². The summed E-state index contributed by atoms with van der Waals surface area (Å²) in [7, 11) is 0. The van der Waals surface area contributed by atoms with E-state index in [1.807, 2.05) is 74.5 Å². The molecule has 5 rings (SSSR count). The second-order valence-corrected chi connectivity index (χ2v) is 8.70. The molecule has 172 valence electrons. The van der Waals surface area contributed by atoms with Gasteiger partial charge in [0.25, 0.3) is 5.91 Å². The van der Waals surface area contributed by atoms with Gasteiger partial charge in [-0.1, -0.05) is 42.5 Å². The van der Waals surface area contributed by atoms with E-state index >= 15 is 0 Å². The van der Waals surface area contributed by atoms with Gasteiger partial charge in [-0.2, -0.15) is 5.10 Å². The lowest BCUT2D eigenvalue weighted by atomic mass is 10.0. The van der Waals surface area contributed by atoms with Crippen LogP contribution in [0.25, 0.3) is 22.3 Å². The Morgan fingerprint density at radius 1 is 1.09 bits per heavy atom. The molecule has 0 radical (unpaired) electrons. The van der Waals surface area contributed by atoms with E-state index in [-0.39, 0.29) is 23.8 Å². The number of benzene rings is 2. The number of pyridine rings is 1. The first-order valence-corrected chi connectivity index (χ1v) is 11.7. The molecule has 34 heavy (non-hydrogen) atoms. The summed E-state index contributed by atoms with van der Waals surface area (Å²) in [5, 5.41) is 11.2. The molecule has 2 heterocycles. The van der Waals surface area contributed by atoms with Gasteiger partial charge in [0.05, 0.1) is 28.9 Å². The number of fused-ring (bicyclic) bond motifs is 1. The second kappa shape index (κ2) is 9.09. The van der Waals surface area contributed by atoms with Crippen LogP contribution in [-0.2, 0) is 11.3 Å².